The van der Waals surface area contributed by atoms with Crippen molar-refractivity contribution in [3.8, 4) is 12.3 Å². The van der Waals surface area contributed by atoms with Crippen molar-refractivity contribution in [1.29, 1.82) is 0 Å². The number of amides is 2. The van der Waals surface area contributed by atoms with Gasteiger partial charge in [0.1, 0.15) is 5.82 Å². The Hall–Kier alpha value is -3.11. The third-order valence-corrected chi connectivity index (χ3v) is 9.49. The number of aryl methyl sites for hydroxylation is 1. The van der Waals surface area contributed by atoms with Gasteiger partial charge in [0.05, 0.1) is 18.3 Å². The van der Waals surface area contributed by atoms with Crippen molar-refractivity contribution in [3.05, 3.63) is 53.1 Å². The smallest absolute Gasteiger partial charge is 0.223 e. The Balaban J connectivity index is 1.21. The van der Waals surface area contributed by atoms with Gasteiger partial charge in [-0.05, 0) is 57.4 Å². The molecule has 0 aliphatic carbocycles. The Morgan fingerprint density at radius 1 is 1.10 bits per heavy atom. The number of fused-ring (bicyclic) bond motifs is 3. The van der Waals surface area contributed by atoms with Crippen molar-refractivity contribution < 1.29 is 9.59 Å². The summed E-state index contributed by atoms with van der Waals surface area (Å²) in [6, 6.07) is 12.1. The number of rotatable bonds is 11. The number of nitrogens with one attached hydrogen (secondary N) is 1. The number of imidazole rings is 1. The van der Waals surface area contributed by atoms with Crippen LogP contribution in [0.25, 0.3) is 0 Å². The number of benzene rings is 1. The fourth-order valence-electron chi connectivity index (χ4n) is 7.34. The Kier molecular flexibility index (Phi) is 9.49. The number of piperidine rings is 1. The summed E-state index contributed by atoms with van der Waals surface area (Å²) in [7, 11) is 0. The molecule has 41 heavy (non-hydrogen) atoms. The van der Waals surface area contributed by atoms with Gasteiger partial charge in [-0.2, -0.15) is 0 Å². The molecule has 2 unspecified atom stereocenters. The second-order valence-electron chi connectivity index (χ2n) is 12.6. The molecule has 4 heterocycles. The van der Waals surface area contributed by atoms with E-state index in [0.29, 0.717) is 31.1 Å². The maximum absolute atomic E-state index is 12.8. The van der Waals surface area contributed by atoms with Crippen LogP contribution in [0.4, 0.5) is 0 Å². The van der Waals surface area contributed by atoms with Crippen molar-refractivity contribution in [2.24, 2.45) is 5.92 Å². The van der Waals surface area contributed by atoms with Crippen LogP contribution in [0.15, 0.2) is 30.3 Å². The zero-order valence-electron chi connectivity index (χ0n) is 25.1. The molecule has 2 fully saturated rings. The number of unbranched alkanes of at least 4 members (excludes halogenated alkanes) is 2. The van der Waals surface area contributed by atoms with Crippen LogP contribution in [0.5, 0.6) is 0 Å². The minimum Gasteiger partial charge on any atom is -0.349 e. The van der Waals surface area contributed by atoms with Gasteiger partial charge >= 0.3 is 0 Å². The molecule has 3 aliphatic heterocycles. The lowest BCUT2D eigenvalue weighted by Gasteiger charge is -2.41. The van der Waals surface area contributed by atoms with Crippen LogP contribution in [0.1, 0.15) is 106 Å². The first kappa shape index (κ1) is 29.4. The summed E-state index contributed by atoms with van der Waals surface area (Å²) in [5, 5.41) is 3.31. The monoisotopic (exact) mass is 557 g/mol. The van der Waals surface area contributed by atoms with E-state index in [1.807, 2.05) is 24.8 Å². The zero-order chi connectivity index (χ0) is 28.9. The van der Waals surface area contributed by atoms with E-state index < -0.39 is 0 Å². The van der Waals surface area contributed by atoms with E-state index in [-0.39, 0.29) is 23.8 Å². The van der Waals surface area contributed by atoms with Gasteiger partial charge in [-0.1, -0.05) is 44.2 Å². The standard InChI is InChI=1S/C34H47N5O2/c1-5-6-7-11-14-33(40)37-19-18-32-31(23-37)35-25(4)39(32)29-21-27-15-16-28(22-29)38(27)20-17-30(36-34(41)24(2)3)26-12-9-8-10-13-26/h1,8-10,12-13,24,27-30H,6-7,11,14-23H2,2-4H3,(H,36,41)/t27?,28?,29?,30-/m0/s1. The largest absolute Gasteiger partial charge is 0.349 e. The fourth-order valence-corrected chi connectivity index (χ4v) is 7.34. The molecular formula is C34H47N5O2. The molecule has 2 bridgehead atoms. The molecule has 7 nitrogen and oxygen atoms in total. The van der Waals surface area contributed by atoms with Gasteiger partial charge in [0.15, 0.2) is 0 Å². The molecule has 3 atom stereocenters. The summed E-state index contributed by atoms with van der Waals surface area (Å²) < 4.78 is 2.53. The predicted octanol–water partition coefficient (Wildman–Crippen LogP) is 5.34. The summed E-state index contributed by atoms with van der Waals surface area (Å²) in [5.74, 6) is 4.07. The molecule has 2 aromatic rings. The average Bonchev–Trinajstić information content (AvgIpc) is 3.42. The minimum atomic E-state index is -0.0263. The van der Waals surface area contributed by atoms with Gasteiger partial charge in [-0.3, -0.25) is 14.5 Å². The van der Waals surface area contributed by atoms with E-state index in [1.165, 1.54) is 24.1 Å². The van der Waals surface area contributed by atoms with Crippen LogP contribution in [0.3, 0.4) is 0 Å². The molecule has 5 rings (SSSR count). The van der Waals surface area contributed by atoms with Gasteiger partial charge in [0, 0.05) is 62.1 Å². The Morgan fingerprint density at radius 2 is 1.83 bits per heavy atom. The maximum Gasteiger partial charge on any atom is 0.223 e. The summed E-state index contributed by atoms with van der Waals surface area (Å²) >= 11 is 0. The third-order valence-electron chi connectivity index (χ3n) is 9.49. The molecule has 1 aromatic heterocycles. The molecule has 0 radical (unpaired) electrons. The van der Waals surface area contributed by atoms with E-state index >= 15 is 0 Å². The lowest BCUT2D eigenvalue weighted by Crippen LogP contribution is -2.45. The topological polar surface area (TPSA) is 70.5 Å². The number of carbonyl (C=O) groups is 2. The molecule has 3 aliphatic rings. The Labute approximate surface area is 246 Å². The van der Waals surface area contributed by atoms with Crippen LogP contribution >= 0.6 is 0 Å². The number of hydrogen-bond acceptors (Lipinski definition) is 4. The second kappa shape index (κ2) is 13.2. The minimum absolute atomic E-state index is 0.0263. The first-order valence-electron chi connectivity index (χ1n) is 15.7. The van der Waals surface area contributed by atoms with Gasteiger partial charge in [0.25, 0.3) is 0 Å². The highest BCUT2D eigenvalue weighted by atomic mass is 16.2. The van der Waals surface area contributed by atoms with Gasteiger partial charge in [-0.25, -0.2) is 4.98 Å². The Bertz CT molecular complexity index is 1230. The molecule has 1 aromatic carbocycles. The SMILES string of the molecule is C#CCCCCC(=O)N1CCc2c(nc(C)n2C2CC3CCC(C2)N3CC[C@H](NC(=O)C(C)C)c2ccccc2)C1. The molecule has 220 valence electrons. The summed E-state index contributed by atoms with van der Waals surface area (Å²) in [5.41, 5.74) is 3.62. The van der Waals surface area contributed by atoms with Gasteiger partial charge in [0.2, 0.25) is 11.8 Å². The van der Waals surface area contributed by atoms with E-state index in [1.54, 1.807) is 0 Å². The van der Waals surface area contributed by atoms with Crippen molar-refractivity contribution in [2.75, 3.05) is 13.1 Å². The van der Waals surface area contributed by atoms with Gasteiger partial charge < -0.3 is 14.8 Å². The molecule has 7 heteroatoms. The zero-order valence-corrected chi connectivity index (χ0v) is 25.1. The van der Waals surface area contributed by atoms with E-state index in [4.69, 9.17) is 11.4 Å². The van der Waals surface area contributed by atoms with Crippen LogP contribution in [-0.2, 0) is 22.6 Å². The lowest BCUT2D eigenvalue weighted by atomic mass is 9.94. The predicted molar refractivity (Wildman–Crippen MR) is 162 cm³/mol. The first-order chi connectivity index (χ1) is 19.9. The van der Waals surface area contributed by atoms with Crippen LogP contribution in [0.2, 0.25) is 0 Å². The summed E-state index contributed by atoms with van der Waals surface area (Å²) in [4.78, 5) is 35.1. The quantitative estimate of drug-likeness (QED) is 0.299. The lowest BCUT2D eigenvalue weighted by molar-refractivity contribution is -0.132. The van der Waals surface area contributed by atoms with Crippen LogP contribution in [0, 0.1) is 25.2 Å². The number of terminal acetylenes is 1. The maximum atomic E-state index is 12.8. The molecule has 0 saturated carbocycles. The van der Waals surface area contributed by atoms with Crippen molar-refractivity contribution in [1.82, 2.24) is 24.7 Å². The summed E-state index contributed by atoms with van der Waals surface area (Å²) in [6.07, 6.45) is 15.0. The Morgan fingerprint density at radius 3 is 2.51 bits per heavy atom. The fraction of sp³-hybridized carbons (Fsp3) is 0.618. The third kappa shape index (κ3) is 6.70. The summed E-state index contributed by atoms with van der Waals surface area (Å²) in [6.45, 7) is 8.46. The highest BCUT2D eigenvalue weighted by Crippen LogP contribution is 2.43. The highest BCUT2D eigenvalue weighted by Gasteiger charge is 2.42. The number of aromatic nitrogens is 2. The highest BCUT2D eigenvalue weighted by molar-refractivity contribution is 5.78. The molecular weight excluding hydrogens is 510 g/mol. The van der Waals surface area contributed by atoms with Crippen molar-refractivity contribution in [2.45, 2.75) is 116 Å². The average molecular weight is 558 g/mol. The van der Waals surface area contributed by atoms with Crippen LogP contribution in [-0.4, -0.2) is 56.3 Å². The van der Waals surface area contributed by atoms with E-state index in [2.05, 4.69) is 51.9 Å². The van der Waals surface area contributed by atoms with Crippen molar-refractivity contribution >= 4 is 11.8 Å². The normalized spacial score (nSPS) is 22.8. The molecule has 0 spiro atoms. The molecule has 1 N–H and O–H groups in total. The molecule has 2 saturated heterocycles. The second-order valence-corrected chi connectivity index (χ2v) is 12.6. The van der Waals surface area contributed by atoms with Crippen molar-refractivity contribution in [3.63, 3.8) is 0 Å². The molecule has 2 amide bonds. The number of hydrogen-bond donors (Lipinski definition) is 1. The first-order valence-corrected chi connectivity index (χ1v) is 15.7. The number of nitrogens with zero attached hydrogens (tertiary/aromatic N) is 4. The number of carbonyl (C=O) groups excluding carboxylic acids is 2. The van der Waals surface area contributed by atoms with E-state index in [0.717, 1.165) is 69.6 Å². The van der Waals surface area contributed by atoms with Crippen LogP contribution < -0.4 is 5.32 Å². The van der Waals surface area contributed by atoms with Gasteiger partial charge in [-0.15, -0.1) is 12.3 Å². The van der Waals surface area contributed by atoms with E-state index in [9.17, 15) is 9.59 Å².